The first-order valence-electron chi connectivity index (χ1n) is 6.95. The maximum Gasteiger partial charge on any atom is 0.123 e. The summed E-state index contributed by atoms with van der Waals surface area (Å²) in [4.78, 5) is 0.871. The van der Waals surface area contributed by atoms with Gasteiger partial charge in [0.15, 0.2) is 0 Å². The molecule has 0 saturated heterocycles. The number of halogens is 1. The summed E-state index contributed by atoms with van der Waals surface area (Å²) < 4.78 is 14.9. The lowest BCUT2D eigenvalue weighted by Crippen LogP contribution is -1.98. The van der Waals surface area contributed by atoms with Crippen molar-refractivity contribution in [3.63, 3.8) is 0 Å². The topological polar surface area (TPSA) is 50.4 Å². The Morgan fingerprint density at radius 3 is 2.48 bits per heavy atom. The van der Waals surface area contributed by atoms with Crippen molar-refractivity contribution >= 4 is 18.0 Å². The molecule has 2 aromatic carbocycles. The first-order valence-corrected chi connectivity index (χ1v) is 7.76. The van der Waals surface area contributed by atoms with Crippen molar-refractivity contribution in [2.24, 2.45) is 5.16 Å². The van der Waals surface area contributed by atoms with E-state index >= 15 is 0 Å². The predicted octanol–water partition coefficient (Wildman–Crippen LogP) is 4.28. The van der Waals surface area contributed by atoms with E-state index in [1.807, 2.05) is 37.3 Å². The van der Waals surface area contributed by atoms with Crippen molar-refractivity contribution < 1.29 is 9.60 Å². The largest absolute Gasteiger partial charge is 0.411 e. The maximum atomic E-state index is 13.1. The summed E-state index contributed by atoms with van der Waals surface area (Å²) in [6.07, 6.45) is 1.37. The van der Waals surface area contributed by atoms with Crippen LogP contribution in [0.4, 0.5) is 4.39 Å². The van der Waals surface area contributed by atoms with Crippen LogP contribution in [-0.2, 0) is 0 Å². The van der Waals surface area contributed by atoms with E-state index in [0.717, 1.165) is 26.9 Å². The summed E-state index contributed by atoms with van der Waals surface area (Å²) in [6, 6.07) is 15.9. The van der Waals surface area contributed by atoms with Crippen molar-refractivity contribution in [1.82, 2.24) is 9.78 Å². The van der Waals surface area contributed by atoms with Gasteiger partial charge in [-0.25, -0.2) is 9.07 Å². The van der Waals surface area contributed by atoms with Gasteiger partial charge in [-0.05, 0) is 43.3 Å². The molecule has 3 rings (SSSR count). The van der Waals surface area contributed by atoms with Crippen LogP contribution >= 0.6 is 11.8 Å². The van der Waals surface area contributed by atoms with Crippen LogP contribution < -0.4 is 0 Å². The Morgan fingerprint density at radius 1 is 1.13 bits per heavy atom. The first-order chi connectivity index (χ1) is 11.2. The fraction of sp³-hybridized carbons (Fsp3) is 0.0588. The minimum Gasteiger partial charge on any atom is -0.411 e. The Morgan fingerprint density at radius 2 is 1.83 bits per heavy atom. The number of nitrogens with zero attached hydrogens (tertiary/aromatic N) is 3. The molecule has 0 aliphatic rings. The zero-order valence-electron chi connectivity index (χ0n) is 12.3. The molecule has 6 heteroatoms. The third kappa shape index (κ3) is 3.27. The molecule has 3 aromatic rings. The molecule has 0 spiro atoms. The molecule has 1 heterocycles. The lowest BCUT2D eigenvalue weighted by molar-refractivity contribution is 0.321. The maximum absolute atomic E-state index is 13.1. The Labute approximate surface area is 137 Å². The van der Waals surface area contributed by atoms with Crippen molar-refractivity contribution in [3.8, 4) is 5.69 Å². The molecular weight excluding hydrogens is 313 g/mol. The number of hydrogen-bond acceptors (Lipinski definition) is 4. The lowest BCUT2D eigenvalue weighted by atomic mass is 10.3. The standard InChI is InChI=1S/C17H14FN3OS/c1-12-16(11-19-22)17(23-15-9-7-13(18)8-10-15)21(20-12)14-5-3-2-4-6-14/h2-11,22H,1H3. The van der Waals surface area contributed by atoms with Crippen molar-refractivity contribution in [2.75, 3.05) is 0 Å². The van der Waals surface area contributed by atoms with E-state index in [9.17, 15) is 4.39 Å². The Hall–Kier alpha value is -2.60. The minimum absolute atomic E-state index is 0.278. The van der Waals surface area contributed by atoms with Crippen LogP contribution in [-0.4, -0.2) is 21.2 Å². The normalized spacial score (nSPS) is 11.2. The van der Waals surface area contributed by atoms with Crippen LogP contribution in [0.2, 0.25) is 0 Å². The third-order valence-electron chi connectivity index (χ3n) is 3.28. The van der Waals surface area contributed by atoms with Gasteiger partial charge >= 0.3 is 0 Å². The average Bonchev–Trinajstić information content (AvgIpc) is 2.87. The molecule has 0 radical (unpaired) electrons. The molecule has 1 aromatic heterocycles. The number of aromatic nitrogens is 2. The summed E-state index contributed by atoms with van der Waals surface area (Å²) in [5, 5.41) is 17.4. The Bertz CT molecular complexity index is 829. The molecule has 0 unspecified atom stereocenters. The molecule has 0 aliphatic heterocycles. The molecule has 1 N–H and O–H groups in total. The number of aryl methyl sites for hydroxylation is 1. The van der Waals surface area contributed by atoms with Crippen LogP contribution in [0.1, 0.15) is 11.3 Å². The summed E-state index contributed by atoms with van der Waals surface area (Å²) in [7, 11) is 0. The van der Waals surface area contributed by atoms with Gasteiger partial charge in [-0.15, -0.1) is 0 Å². The third-order valence-corrected chi connectivity index (χ3v) is 4.37. The van der Waals surface area contributed by atoms with Gasteiger partial charge in [0.25, 0.3) is 0 Å². The summed E-state index contributed by atoms with van der Waals surface area (Å²) in [6.45, 7) is 1.85. The summed E-state index contributed by atoms with van der Waals surface area (Å²) in [5.74, 6) is -0.278. The van der Waals surface area contributed by atoms with Gasteiger partial charge in [0.1, 0.15) is 10.8 Å². The SMILES string of the molecule is Cc1nn(-c2ccccc2)c(Sc2ccc(F)cc2)c1C=NO. The zero-order chi connectivity index (χ0) is 16.2. The van der Waals surface area contributed by atoms with E-state index in [1.165, 1.54) is 30.1 Å². The molecular formula is C17H14FN3OS. The number of para-hydroxylation sites is 1. The minimum atomic E-state index is -0.278. The van der Waals surface area contributed by atoms with Crippen LogP contribution in [0.25, 0.3) is 5.69 Å². The highest BCUT2D eigenvalue weighted by atomic mass is 32.2. The van der Waals surface area contributed by atoms with Crippen molar-refractivity contribution in [2.45, 2.75) is 16.8 Å². The molecule has 4 nitrogen and oxygen atoms in total. The number of benzene rings is 2. The van der Waals surface area contributed by atoms with E-state index in [1.54, 1.807) is 16.8 Å². The molecule has 0 amide bonds. The van der Waals surface area contributed by atoms with E-state index in [4.69, 9.17) is 5.21 Å². The van der Waals surface area contributed by atoms with Gasteiger partial charge in [-0.1, -0.05) is 35.1 Å². The summed E-state index contributed by atoms with van der Waals surface area (Å²) in [5.41, 5.74) is 2.37. The van der Waals surface area contributed by atoms with Crippen molar-refractivity contribution in [1.29, 1.82) is 0 Å². The van der Waals surface area contributed by atoms with Gasteiger partial charge < -0.3 is 5.21 Å². The lowest BCUT2D eigenvalue weighted by Gasteiger charge is -2.08. The van der Waals surface area contributed by atoms with E-state index in [0.29, 0.717) is 0 Å². The first kappa shape index (κ1) is 15.3. The van der Waals surface area contributed by atoms with Crippen LogP contribution in [0.5, 0.6) is 0 Å². The van der Waals surface area contributed by atoms with Crippen LogP contribution in [0.3, 0.4) is 0 Å². The zero-order valence-corrected chi connectivity index (χ0v) is 13.2. The number of rotatable bonds is 4. The van der Waals surface area contributed by atoms with Gasteiger partial charge in [-0.3, -0.25) is 0 Å². The molecule has 116 valence electrons. The van der Waals surface area contributed by atoms with E-state index < -0.39 is 0 Å². The molecule has 0 atom stereocenters. The molecule has 0 bridgehead atoms. The Balaban J connectivity index is 2.10. The predicted molar refractivity (Wildman–Crippen MR) is 88.2 cm³/mol. The second-order valence-corrected chi connectivity index (χ2v) is 5.91. The number of oxime groups is 1. The van der Waals surface area contributed by atoms with Gasteiger partial charge in [0.2, 0.25) is 0 Å². The van der Waals surface area contributed by atoms with E-state index in [-0.39, 0.29) is 5.82 Å². The molecule has 0 saturated carbocycles. The highest BCUT2D eigenvalue weighted by Gasteiger charge is 2.16. The fourth-order valence-corrected chi connectivity index (χ4v) is 3.22. The monoisotopic (exact) mass is 327 g/mol. The average molecular weight is 327 g/mol. The second kappa shape index (κ2) is 6.66. The van der Waals surface area contributed by atoms with Crippen LogP contribution in [0, 0.1) is 12.7 Å². The highest BCUT2D eigenvalue weighted by Crippen LogP contribution is 2.33. The molecule has 0 aliphatic carbocycles. The second-order valence-electron chi connectivity index (χ2n) is 4.85. The van der Waals surface area contributed by atoms with Crippen molar-refractivity contribution in [3.05, 3.63) is 71.7 Å². The Kier molecular flexibility index (Phi) is 4.43. The fourth-order valence-electron chi connectivity index (χ4n) is 2.18. The molecule has 23 heavy (non-hydrogen) atoms. The van der Waals surface area contributed by atoms with E-state index in [2.05, 4.69) is 10.3 Å². The number of hydrogen-bond donors (Lipinski definition) is 1. The summed E-state index contributed by atoms with van der Waals surface area (Å²) >= 11 is 1.44. The van der Waals surface area contributed by atoms with Gasteiger partial charge in [0, 0.05) is 4.90 Å². The van der Waals surface area contributed by atoms with Gasteiger partial charge in [0.05, 0.1) is 23.2 Å². The smallest absolute Gasteiger partial charge is 0.123 e. The highest BCUT2D eigenvalue weighted by molar-refractivity contribution is 7.99. The van der Waals surface area contributed by atoms with Crippen LogP contribution in [0.15, 0.2) is 69.7 Å². The van der Waals surface area contributed by atoms with Gasteiger partial charge in [-0.2, -0.15) is 5.10 Å². The quantitative estimate of drug-likeness (QED) is 0.442. The molecule has 0 fully saturated rings.